The summed E-state index contributed by atoms with van der Waals surface area (Å²) in [6.45, 7) is 5.95. The fourth-order valence-electron chi connectivity index (χ4n) is 1.54. The van der Waals surface area contributed by atoms with E-state index in [2.05, 4.69) is 15.4 Å². The number of benzene rings is 1. The van der Waals surface area contributed by atoms with Crippen molar-refractivity contribution in [3.05, 3.63) is 41.1 Å². The molecule has 0 saturated heterocycles. The lowest BCUT2D eigenvalue weighted by Gasteiger charge is -2.11. The molecule has 5 heteroatoms. The Bertz CT molecular complexity index is 569. The molecule has 1 aromatic carbocycles. The Morgan fingerprint density at radius 2 is 1.94 bits per heavy atom. The number of nitrogen functional groups attached to an aromatic ring is 1. The van der Waals surface area contributed by atoms with Gasteiger partial charge in [-0.1, -0.05) is 12.1 Å². The second-order valence-electron chi connectivity index (χ2n) is 4.13. The van der Waals surface area contributed by atoms with Crippen LogP contribution in [0.4, 0.5) is 5.95 Å². The van der Waals surface area contributed by atoms with Gasteiger partial charge in [-0.15, -0.1) is 0 Å². The molecule has 0 unspecified atom stereocenters. The van der Waals surface area contributed by atoms with E-state index < -0.39 is 0 Å². The molecule has 0 saturated carbocycles. The van der Waals surface area contributed by atoms with Crippen molar-refractivity contribution in [2.75, 3.05) is 5.43 Å². The highest BCUT2D eigenvalue weighted by Crippen LogP contribution is 2.27. The molecule has 1 heterocycles. The van der Waals surface area contributed by atoms with Crippen LogP contribution >= 0.6 is 0 Å². The summed E-state index contributed by atoms with van der Waals surface area (Å²) in [4.78, 5) is 8.20. The van der Waals surface area contributed by atoms with Crippen LogP contribution in [0.2, 0.25) is 0 Å². The molecule has 18 heavy (non-hydrogen) atoms. The third-order valence-electron chi connectivity index (χ3n) is 2.82. The zero-order chi connectivity index (χ0) is 13.1. The Morgan fingerprint density at radius 1 is 1.17 bits per heavy atom. The maximum atomic E-state index is 5.82. The minimum absolute atomic E-state index is 0.334. The Balaban J connectivity index is 2.36. The van der Waals surface area contributed by atoms with Crippen molar-refractivity contribution in [1.29, 1.82) is 0 Å². The summed E-state index contributed by atoms with van der Waals surface area (Å²) in [5, 5.41) is 0. The third-order valence-corrected chi connectivity index (χ3v) is 2.82. The summed E-state index contributed by atoms with van der Waals surface area (Å²) >= 11 is 0. The molecule has 0 amide bonds. The molecule has 1 aromatic heterocycles. The first-order chi connectivity index (χ1) is 8.61. The van der Waals surface area contributed by atoms with Gasteiger partial charge < -0.3 is 4.74 Å². The van der Waals surface area contributed by atoms with E-state index in [1.807, 2.05) is 39.0 Å². The molecule has 0 fully saturated rings. The predicted octanol–water partition coefficient (Wildman–Crippen LogP) is 2.48. The van der Waals surface area contributed by atoms with E-state index in [-0.39, 0.29) is 0 Å². The van der Waals surface area contributed by atoms with E-state index in [0.717, 1.165) is 16.9 Å². The standard InChI is InChI=1S/C13H16N4O/c1-8-5-4-6-11(10(8)3)18-12-9(2)7-15-13(16-12)17-14/h4-7H,14H2,1-3H3,(H,15,16,17). The van der Waals surface area contributed by atoms with Crippen LogP contribution in [0, 0.1) is 20.8 Å². The Hall–Kier alpha value is -2.14. The number of nitrogens with two attached hydrogens (primary N) is 1. The number of aryl methyl sites for hydroxylation is 2. The van der Waals surface area contributed by atoms with E-state index in [1.54, 1.807) is 6.20 Å². The van der Waals surface area contributed by atoms with Crippen LogP contribution in [0.5, 0.6) is 11.6 Å². The molecule has 0 aliphatic carbocycles. The van der Waals surface area contributed by atoms with Gasteiger partial charge in [-0.05, 0) is 38.0 Å². The fourth-order valence-corrected chi connectivity index (χ4v) is 1.54. The van der Waals surface area contributed by atoms with Gasteiger partial charge in [-0.2, -0.15) is 4.98 Å². The van der Waals surface area contributed by atoms with Gasteiger partial charge in [0.1, 0.15) is 5.75 Å². The summed E-state index contributed by atoms with van der Waals surface area (Å²) < 4.78 is 5.82. The largest absolute Gasteiger partial charge is 0.438 e. The normalized spacial score (nSPS) is 10.2. The zero-order valence-electron chi connectivity index (χ0n) is 10.7. The molecule has 0 aliphatic heterocycles. The number of aromatic nitrogens is 2. The second kappa shape index (κ2) is 5.01. The van der Waals surface area contributed by atoms with Crippen molar-refractivity contribution in [2.24, 2.45) is 5.84 Å². The van der Waals surface area contributed by atoms with Gasteiger partial charge in [-0.3, -0.25) is 5.43 Å². The lowest BCUT2D eigenvalue weighted by molar-refractivity contribution is 0.454. The molecule has 5 nitrogen and oxygen atoms in total. The number of nitrogens with one attached hydrogen (secondary N) is 1. The molecule has 3 N–H and O–H groups in total. The van der Waals surface area contributed by atoms with Crippen molar-refractivity contribution in [3.8, 4) is 11.6 Å². The van der Waals surface area contributed by atoms with Crippen molar-refractivity contribution >= 4 is 5.95 Å². The lowest BCUT2D eigenvalue weighted by Crippen LogP contribution is -2.11. The van der Waals surface area contributed by atoms with Gasteiger partial charge in [-0.25, -0.2) is 10.8 Å². The maximum Gasteiger partial charge on any atom is 0.240 e. The first-order valence-electron chi connectivity index (χ1n) is 5.66. The zero-order valence-corrected chi connectivity index (χ0v) is 10.7. The Kier molecular flexibility index (Phi) is 3.43. The molecular weight excluding hydrogens is 228 g/mol. The summed E-state index contributed by atoms with van der Waals surface area (Å²) in [6, 6.07) is 5.91. The number of nitrogens with zero attached hydrogens (tertiary/aromatic N) is 2. The minimum Gasteiger partial charge on any atom is -0.438 e. The van der Waals surface area contributed by atoms with Crippen LogP contribution in [-0.4, -0.2) is 9.97 Å². The summed E-state index contributed by atoms with van der Waals surface area (Å²) in [5.41, 5.74) is 5.53. The summed E-state index contributed by atoms with van der Waals surface area (Å²) in [5.74, 6) is 6.92. The van der Waals surface area contributed by atoms with Gasteiger partial charge >= 0.3 is 0 Å². The second-order valence-corrected chi connectivity index (χ2v) is 4.13. The monoisotopic (exact) mass is 244 g/mol. The molecule has 2 rings (SSSR count). The van der Waals surface area contributed by atoms with Gasteiger partial charge in [0.15, 0.2) is 0 Å². The number of anilines is 1. The molecule has 0 atom stereocenters. The molecule has 94 valence electrons. The molecule has 2 aromatic rings. The fraction of sp³-hybridized carbons (Fsp3) is 0.231. The van der Waals surface area contributed by atoms with Crippen LogP contribution in [0.1, 0.15) is 16.7 Å². The highest BCUT2D eigenvalue weighted by molar-refractivity contribution is 5.42. The van der Waals surface area contributed by atoms with Gasteiger partial charge in [0.2, 0.25) is 11.8 Å². The van der Waals surface area contributed by atoms with Crippen LogP contribution in [-0.2, 0) is 0 Å². The number of hydrogen-bond acceptors (Lipinski definition) is 5. The average Bonchev–Trinajstić information content (AvgIpc) is 2.37. The van der Waals surface area contributed by atoms with Crippen LogP contribution in [0.15, 0.2) is 24.4 Å². The maximum absolute atomic E-state index is 5.82. The van der Waals surface area contributed by atoms with Crippen LogP contribution in [0.3, 0.4) is 0 Å². The van der Waals surface area contributed by atoms with E-state index >= 15 is 0 Å². The lowest BCUT2D eigenvalue weighted by atomic mass is 10.1. The SMILES string of the molecule is Cc1cnc(NN)nc1Oc1cccc(C)c1C. The van der Waals surface area contributed by atoms with E-state index in [1.165, 1.54) is 5.56 Å². The molecular formula is C13H16N4O. The van der Waals surface area contributed by atoms with Crippen molar-refractivity contribution < 1.29 is 4.74 Å². The first-order valence-corrected chi connectivity index (χ1v) is 5.66. The van der Waals surface area contributed by atoms with Gasteiger partial charge in [0, 0.05) is 11.8 Å². The van der Waals surface area contributed by atoms with Crippen LogP contribution in [0.25, 0.3) is 0 Å². The van der Waals surface area contributed by atoms with E-state index in [0.29, 0.717) is 11.8 Å². The Labute approximate surface area is 106 Å². The number of hydrogen-bond donors (Lipinski definition) is 2. The van der Waals surface area contributed by atoms with Crippen molar-refractivity contribution in [1.82, 2.24) is 9.97 Å². The van der Waals surface area contributed by atoms with Gasteiger partial charge in [0.25, 0.3) is 0 Å². The van der Waals surface area contributed by atoms with Crippen LogP contribution < -0.4 is 16.0 Å². The van der Waals surface area contributed by atoms with Crippen molar-refractivity contribution in [3.63, 3.8) is 0 Å². The highest BCUT2D eigenvalue weighted by atomic mass is 16.5. The molecule has 0 radical (unpaired) electrons. The molecule has 0 aliphatic rings. The third kappa shape index (κ3) is 2.41. The van der Waals surface area contributed by atoms with Gasteiger partial charge in [0.05, 0.1) is 0 Å². The minimum atomic E-state index is 0.334. The van der Waals surface area contributed by atoms with E-state index in [4.69, 9.17) is 10.6 Å². The summed E-state index contributed by atoms with van der Waals surface area (Å²) in [7, 11) is 0. The molecule has 0 spiro atoms. The Morgan fingerprint density at radius 3 is 2.67 bits per heavy atom. The number of hydrazine groups is 1. The quantitative estimate of drug-likeness (QED) is 0.641. The number of rotatable bonds is 3. The van der Waals surface area contributed by atoms with E-state index in [9.17, 15) is 0 Å². The highest BCUT2D eigenvalue weighted by Gasteiger charge is 2.08. The predicted molar refractivity (Wildman–Crippen MR) is 70.6 cm³/mol. The smallest absolute Gasteiger partial charge is 0.240 e. The topological polar surface area (TPSA) is 73.1 Å². The molecule has 0 bridgehead atoms. The average molecular weight is 244 g/mol. The number of ether oxygens (including phenoxy) is 1. The first kappa shape index (κ1) is 12.3. The summed E-state index contributed by atoms with van der Waals surface area (Å²) in [6.07, 6.45) is 1.67. The van der Waals surface area contributed by atoms with Crippen molar-refractivity contribution in [2.45, 2.75) is 20.8 Å².